The zero-order valence-corrected chi connectivity index (χ0v) is 10.8. The van der Waals surface area contributed by atoms with Crippen LogP contribution in [-0.4, -0.2) is 46.8 Å². The Labute approximate surface area is 115 Å². The Morgan fingerprint density at radius 1 is 1.30 bits per heavy atom. The smallest absolute Gasteiger partial charge is 0.211 e. The van der Waals surface area contributed by atoms with Crippen molar-refractivity contribution in [2.24, 2.45) is 5.92 Å². The van der Waals surface area contributed by atoms with Crippen LogP contribution in [0.5, 0.6) is 0 Å². The van der Waals surface area contributed by atoms with Gasteiger partial charge in [0, 0.05) is 4.92 Å². The molecule has 1 heterocycles. The molecule has 0 saturated carbocycles. The minimum Gasteiger partial charge on any atom is -0.390 e. The van der Waals surface area contributed by atoms with E-state index in [9.17, 15) is 20.3 Å². The van der Waals surface area contributed by atoms with E-state index in [4.69, 9.17) is 9.47 Å². The van der Waals surface area contributed by atoms with Crippen LogP contribution in [0, 0.1) is 16.0 Å². The fourth-order valence-electron chi connectivity index (χ4n) is 2.11. The molecule has 7 heteroatoms. The number of nitro groups is 1. The Balaban J connectivity index is 1.87. The van der Waals surface area contributed by atoms with E-state index in [1.54, 1.807) is 0 Å². The third kappa shape index (κ3) is 3.73. The third-order valence-electron chi connectivity index (χ3n) is 3.23. The molecule has 0 aromatic heterocycles. The molecule has 7 nitrogen and oxygen atoms in total. The number of hydrogen-bond donors (Lipinski definition) is 2. The number of nitrogens with zero attached hydrogens (tertiary/aromatic N) is 1. The van der Waals surface area contributed by atoms with Crippen LogP contribution in [0.3, 0.4) is 0 Å². The van der Waals surface area contributed by atoms with Gasteiger partial charge < -0.3 is 19.7 Å². The standard InChI is InChI=1S/C13H17NO6/c15-11-10(6-14(17)18)8-20-13(12(11)16)19-7-9-4-2-1-3-5-9/h1-5,10-13,15-16H,6-8H2/t10-,11-,12-,13-/m1/s1. The SMILES string of the molecule is O=[N+]([O-])C[C@@H]1CO[C@@H](OCc2ccccc2)[C@H](O)[C@@H]1O. The van der Waals surface area contributed by atoms with Crippen LogP contribution in [0.2, 0.25) is 0 Å². The van der Waals surface area contributed by atoms with E-state index in [0.29, 0.717) is 0 Å². The molecule has 0 aliphatic carbocycles. The first-order valence-electron chi connectivity index (χ1n) is 6.33. The molecule has 20 heavy (non-hydrogen) atoms. The molecule has 0 unspecified atom stereocenters. The summed E-state index contributed by atoms with van der Waals surface area (Å²) in [6.45, 7) is -0.225. The summed E-state index contributed by atoms with van der Waals surface area (Å²) in [5.74, 6) is -0.725. The second kappa shape index (κ2) is 6.76. The Kier molecular flexibility index (Phi) is 5.02. The average Bonchev–Trinajstić information content (AvgIpc) is 2.44. The largest absolute Gasteiger partial charge is 0.390 e. The maximum absolute atomic E-state index is 10.4. The number of rotatable bonds is 5. The Morgan fingerprint density at radius 2 is 2.00 bits per heavy atom. The van der Waals surface area contributed by atoms with Gasteiger partial charge in [-0.15, -0.1) is 0 Å². The van der Waals surface area contributed by atoms with E-state index in [1.807, 2.05) is 30.3 Å². The molecular weight excluding hydrogens is 266 g/mol. The minimum atomic E-state index is -1.29. The molecule has 0 amide bonds. The monoisotopic (exact) mass is 283 g/mol. The molecule has 0 bridgehead atoms. The minimum absolute atomic E-state index is 0.0152. The van der Waals surface area contributed by atoms with Gasteiger partial charge in [0.25, 0.3) is 0 Å². The maximum atomic E-state index is 10.4. The van der Waals surface area contributed by atoms with Crippen molar-refractivity contribution in [3.63, 3.8) is 0 Å². The third-order valence-corrected chi connectivity index (χ3v) is 3.23. The highest BCUT2D eigenvalue weighted by molar-refractivity contribution is 5.13. The summed E-state index contributed by atoms with van der Waals surface area (Å²) in [4.78, 5) is 9.91. The predicted molar refractivity (Wildman–Crippen MR) is 68.3 cm³/mol. The molecule has 1 aromatic carbocycles. The maximum Gasteiger partial charge on any atom is 0.211 e. The lowest BCUT2D eigenvalue weighted by Crippen LogP contribution is -2.52. The first-order chi connectivity index (χ1) is 9.58. The molecule has 1 aliphatic rings. The van der Waals surface area contributed by atoms with Gasteiger partial charge in [-0.05, 0) is 5.56 Å². The van der Waals surface area contributed by atoms with Crippen molar-refractivity contribution in [3.8, 4) is 0 Å². The first kappa shape index (κ1) is 14.9. The molecule has 4 atom stereocenters. The van der Waals surface area contributed by atoms with E-state index in [0.717, 1.165) is 5.56 Å². The summed E-state index contributed by atoms with van der Waals surface area (Å²) in [5.41, 5.74) is 0.908. The zero-order chi connectivity index (χ0) is 14.5. The van der Waals surface area contributed by atoms with E-state index < -0.39 is 35.9 Å². The van der Waals surface area contributed by atoms with Gasteiger partial charge in [0.1, 0.15) is 6.10 Å². The van der Waals surface area contributed by atoms with Crippen molar-refractivity contribution in [2.75, 3.05) is 13.2 Å². The molecule has 1 saturated heterocycles. The van der Waals surface area contributed by atoms with Gasteiger partial charge in [0.05, 0.1) is 25.2 Å². The molecule has 0 radical (unpaired) electrons. The predicted octanol–water partition coefficient (Wildman–Crippen LogP) is 0.174. The Morgan fingerprint density at radius 3 is 2.65 bits per heavy atom. The van der Waals surface area contributed by atoms with Crippen molar-refractivity contribution >= 4 is 0 Å². The normalized spacial score (nSPS) is 30.1. The Hall–Kier alpha value is -1.54. The molecule has 1 fully saturated rings. The van der Waals surface area contributed by atoms with Crippen LogP contribution in [0.25, 0.3) is 0 Å². The van der Waals surface area contributed by atoms with Crippen LogP contribution in [-0.2, 0) is 16.1 Å². The molecule has 110 valence electrons. The summed E-state index contributed by atoms with van der Waals surface area (Å²) in [6, 6.07) is 9.32. The Bertz CT molecular complexity index is 440. The van der Waals surface area contributed by atoms with Gasteiger partial charge in [-0.25, -0.2) is 0 Å². The highest BCUT2D eigenvalue weighted by Gasteiger charge is 2.41. The van der Waals surface area contributed by atoms with Crippen molar-refractivity contribution in [2.45, 2.75) is 25.1 Å². The van der Waals surface area contributed by atoms with Crippen molar-refractivity contribution in [1.29, 1.82) is 0 Å². The lowest BCUT2D eigenvalue weighted by molar-refractivity contribution is -0.495. The van der Waals surface area contributed by atoms with Crippen LogP contribution < -0.4 is 0 Å². The summed E-state index contributed by atoms with van der Waals surface area (Å²) in [7, 11) is 0. The van der Waals surface area contributed by atoms with E-state index in [1.165, 1.54) is 0 Å². The summed E-state index contributed by atoms with van der Waals surface area (Å²) >= 11 is 0. The quantitative estimate of drug-likeness (QED) is 0.590. The van der Waals surface area contributed by atoms with Crippen LogP contribution in [0.4, 0.5) is 0 Å². The molecule has 1 aromatic rings. The highest BCUT2D eigenvalue weighted by atomic mass is 16.7. The number of aliphatic hydroxyl groups is 2. The second-order valence-electron chi connectivity index (χ2n) is 4.75. The lowest BCUT2D eigenvalue weighted by Gasteiger charge is -2.35. The van der Waals surface area contributed by atoms with Gasteiger partial charge in [-0.2, -0.15) is 0 Å². The summed E-state index contributed by atoms with van der Waals surface area (Å²) in [5, 5.41) is 30.2. The number of ether oxygens (including phenoxy) is 2. The van der Waals surface area contributed by atoms with E-state index >= 15 is 0 Å². The van der Waals surface area contributed by atoms with Crippen LogP contribution in [0.1, 0.15) is 5.56 Å². The van der Waals surface area contributed by atoms with Crippen LogP contribution in [0.15, 0.2) is 30.3 Å². The lowest BCUT2D eigenvalue weighted by atomic mass is 9.96. The molecule has 1 aliphatic heterocycles. The molecular formula is C13H17NO6. The van der Waals surface area contributed by atoms with Crippen molar-refractivity contribution < 1.29 is 24.6 Å². The fourth-order valence-corrected chi connectivity index (χ4v) is 2.11. The van der Waals surface area contributed by atoms with Gasteiger partial charge >= 0.3 is 0 Å². The number of hydrogen-bond acceptors (Lipinski definition) is 6. The van der Waals surface area contributed by atoms with Gasteiger partial charge in [-0.1, -0.05) is 30.3 Å². The first-order valence-corrected chi connectivity index (χ1v) is 6.33. The highest BCUT2D eigenvalue weighted by Crippen LogP contribution is 2.22. The zero-order valence-electron chi connectivity index (χ0n) is 10.8. The molecule has 2 N–H and O–H groups in total. The van der Waals surface area contributed by atoms with Crippen molar-refractivity contribution in [1.82, 2.24) is 0 Å². The van der Waals surface area contributed by atoms with Gasteiger partial charge in [-0.3, -0.25) is 10.1 Å². The molecule has 2 rings (SSSR count). The fraction of sp³-hybridized carbons (Fsp3) is 0.538. The van der Waals surface area contributed by atoms with Crippen LogP contribution >= 0.6 is 0 Å². The summed E-state index contributed by atoms with van der Waals surface area (Å²) in [6.07, 6.45) is -3.50. The second-order valence-corrected chi connectivity index (χ2v) is 4.75. The average molecular weight is 283 g/mol. The number of aliphatic hydroxyl groups excluding tert-OH is 2. The molecule has 0 spiro atoms. The summed E-state index contributed by atoms with van der Waals surface area (Å²) < 4.78 is 10.7. The topological polar surface area (TPSA) is 102 Å². The van der Waals surface area contributed by atoms with Crippen molar-refractivity contribution in [3.05, 3.63) is 46.0 Å². The van der Waals surface area contributed by atoms with E-state index in [2.05, 4.69) is 0 Å². The number of benzene rings is 1. The van der Waals surface area contributed by atoms with Gasteiger partial charge in [0.2, 0.25) is 6.54 Å². The van der Waals surface area contributed by atoms with E-state index in [-0.39, 0.29) is 13.2 Å². The van der Waals surface area contributed by atoms with Gasteiger partial charge in [0.15, 0.2) is 6.29 Å².